The number of fused-ring (bicyclic) bond motifs is 8. The lowest BCUT2D eigenvalue weighted by molar-refractivity contribution is 0.452. The van der Waals surface area contributed by atoms with E-state index in [-0.39, 0.29) is 11.8 Å². The molecule has 0 saturated carbocycles. The molecule has 14 aromatic carbocycles. The number of rotatable bonds is 11. The Hall–Kier alpha value is -11.6. The number of nitrogens with zero attached hydrogens (tertiary/aromatic N) is 4. The lowest BCUT2D eigenvalue weighted by Crippen LogP contribution is -2.28. The van der Waals surface area contributed by atoms with Crippen LogP contribution in [0.5, 0.6) is 11.5 Å². The van der Waals surface area contributed by atoms with Crippen molar-refractivity contribution in [2.24, 2.45) is 0 Å². The molecule has 14 aromatic rings. The Balaban J connectivity index is 0.891. The second-order valence-corrected chi connectivity index (χ2v) is 25.0. The first kappa shape index (κ1) is 53.5. The fraction of sp³-hybridized carbons (Fsp3) is 0.0233. The summed E-state index contributed by atoms with van der Waals surface area (Å²) in [6, 6.07) is 124. The Kier molecular flexibility index (Phi) is 12.9. The number of ether oxygens (including phenoxy) is 1. The first-order chi connectivity index (χ1) is 45.6. The van der Waals surface area contributed by atoms with Gasteiger partial charge in [0.2, 0.25) is 0 Å². The molecule has 0 radical (unpaired) electrons. The van der Waals surface area contributed by atoms with E-state index in [0.717, 1.165) is 102 Å². The van der Waals surface area contributed by atoms with Crippen molar-refractivity contribution in [3.63, 3.8) is 0 Å². The van der Waals surface area contributed by atoms with E-state index in [2.05, 4.69) is 359 Å². The normalized spacial score (nSPS) is 14.3. The van der Waals surface area contributed by atoms with Crippen LogP contribution >= 0.6 is 11.8 Å². The van der Waals surface area contributed by atoms with Gasteiger partial charge in [0.1, 0.15) is 11.5 Å². The van der Waals surface area contributed by atoms with Gasteiger partial charge >= 0.3 is 0 Å². The highest BCUT2D eigenvalue weighted by Crippen LogP contribution is 2.66. The van der Waals surface area contributed by atoms with Crippen LogP contribution in [0.4, 0.5) is 68.2 Å². The zero-order valence-corrected chi connectivity index (χ0v) is 50.9. The fourth-order valence-electron chi connectivity index (χ4n) is 14.7. The summed E-state index contributed by atoms with van der Waals surface area (Å²) in [5.41, 5.74) is 27.4. The number of anilines is 12. The summed E-state index contributed by atoms with van der Waals surface area (Å²) in [6.07, 6.45) is 0. The van der Waals surface area contributed by atoms with Gasteiger partial charge in [-0.1, -0.05) is 242 Å². The van der Waals surface area contributed by atoms with Crippen LogP contribution in [-0.4, -0.2) is 0 Å². The molecule has 0 fully saturated rings. The third-order valence-corrected chi connectivity index (χ3v) is 19.8. The molecule has 434 valence electrons. The van der Waals surface area contributed by atoms with Gasteiger partial charge in [-0.05, 0) is 148 Å². The lowest BCUT2D eigenvalue weighted by Gasteiger charge is -2.45. The molecular formula is C86H58N4OS. The van der Waals surface area contributed by atoms with Crippen LogP contribution in [0.2, 0.25) is 0 Å². The smallest absolute Gasteiger partial charge is 0.135 e. The fourth-order valence-corrected chi connectivity index (χ4v) is 15.9. The minimum Gasteiger partial charge on any atom is -0.457 e. The van der Waals surface area contributed by atoms with E-state index in [4.69, 9.17) is 4.74 Å². The monoisotopic (exact) mass is 1190 g/mol. The zero-order chi connectivity index (χ0) is 60.6. The molecule has 0 aliphatic carbocycles. The van der Waals surface area contributed by atoms with E-state index in [9.17, 15) is 0 Å². The predicted octanol–water partition coefficient (Wildman–Crippen LogP) is 24.1. The van der Waals surface area contributed by atoms with Crippen LogP contribution in [0.15, 0.2) is 350 Å². The zero-order valence-electron chi connectivity index (χ0n) is 50.1. The quantitative estimate of drug-likeness (QED) is 0.128. The summed E-state index contributed by atoms with van der Waals surface area (Å²) in [4.78, 5) is 12.3. The summed E-state index contributed by atoms with van der Waals surface area (Å²) >= 11 is 1.90. The lowest BCUT2D eigenvalue weighted by atomic mass is 9.74. The summed E-state index contributed by atoms with van der Waals surface area (Å²) in [5.74, 6) is 1.42. The van der Waals surface area contributed by atoms with Crippen LogP contribution in [-0.2, 0) is 0 Å². The second kappa shape index (κ2) is 22.2. The topological polar surface area (TPSA) is 22.2 Å². The Bertz CT molecular complexity index is 4990. The van der Waals surface area contributed by atoms with Crippen molar-refractivity contribution in [2.75, 3.05) is 19.6 Å². The maximum Gasteiger partial charge on any atom is 0.135 e. The van der Waals surface area contributed by atoms with E-state index in [1.807, 2.05) is 11.8 Å². The van der Waals surface area contributed by atoms with Crippen molar-refractivity contribution in [3.8, 4) is 44.9 Å². The van der Waals surface area contributed by atoms with Crippen molar-refractivity contribution in [3.05, 3.63) is 373 Å². The average Bonchev–Trinajstić information content (AvgIpc) is 0.713. The minimum absolute atomic E-state index is 0.0906. The summed E-state index contributed by atoms with van der Waals surface area (Å²) < 4.78 is 7.41. The molecule has 4 aliphatic heterocycles. The van der Waals surface area contributed by atoms with Gasteiger partial charge in [0.25, 0.3) is 0 Å². The number of para-hydroxylation sites is 6. The molecule has 5 nitrogen and oxygen atoms in total. The molecule has 0 bridgehead atoms. The third-order valence-electron chi connectivity index (χ3n) is 18.7. The van der Waals surface area contributed by atoms with Gasteiger partial charge in [-0.25, -0.2) is 0 Å². The van der Waals surface area contributed by atoms with Gasteiger partial charge in [0.05, 0.1) is 34.1 Å². The molecule has 92 heavy (non-hydrogen) atoms. The van der Waals surface area contributed by atoms with Crippen LogP contribution in [0.3, 0.4) is 0 Å². The van der Waals surface area contributed by atoms with Crippen molar-refractivity contribution in [1.82, 2.24) is 0 Å². The van der Waals surface area contributed by atoms with Crippen LogP contribution < -0.4 is 24.3 Å². The van der Waals surface area contributed by atoms with E-state index >= 15 is 0 Å². The van der Waals surface area contributed by atoms with E-state index in [1.165, 1.54) is 54.5 Å². The maximum absolute atomic E-state index is 7.41. The highest BCUT2D eigenvalue weighted by Gasteiger charge is 2.45. The van der Waals surface area contributed by atoms with E-state index in [1.54, 1.807) is 0 Å². The molecule has 0 spiro atoms. The van der Waals surface area contributed by atoms with E-state index < -0.39 is 0 Å². The predicted molar refractivity (Wildman–Crippen MR) is 380 cm³/mol. The average molecular weight is 1200 g/mol. The first-order valence-electron chi connectivity index (χ1n) is 31.5. The number of hydrogen-bond donors (Lipinski definition) is 0. The Morgan fingerprint density at radius 3 is 1.33 bits per heavy atom. The van der Waals surface area contributed by atoms with Gasteiger partial charge in [0.15, 0.2) is 0 Å². The van der Waals surface area contributed by atoms with Crippen molar-refractivity contribution in [2.45, 2.75) is 21.6 Å². The molecule has 4 aliphatic rings. The molecule has 0 aromatic heterocycles. The Morgan fingerprint density at radius 1 is 0.261 bits per heavy atom. The SMILES string of the molecule is c1ccc(-c2ccc(N(c3ccc(-c4ccccc4)cc3)c3cc4c5c(c3)N(c3ccccc3-c3ccccc3)c3cc6c(cc3C5c3ccccc3O4)C3c4ccccc4N(c4ccccc4)c4cc(N(c5ccccc5)c5ccccc5)cc(c43)S6)cc2)cc1. The van der Waals surface area contributed by atoms with Gasteiger partial charge in [-0.2, -0.15) is 0 Å². The van der Waals surface area contributed by atoms with Crippen LogP contribution in [0.1, 0.15) is 45.2 Å². The molecule has 0 amide bonds. The summed E-state index contributed by atoms with van der Waals surface area (Å²) in [7, 11) is 0. The third kappa shape index (κ3) is 8.93. The Labute approximate surface area is 540 Å². The van der Waals surface area contributed by atoms with Crippen molar-refractivity contribution < 1.29 is 4.74 Å². The number of benzene rings is 14. The van der Waals surface area contributed by atoms with Gasteiger partial charge < -0.3 is 24.3 Å². The van der Waals surface area contributed by atoms with E-state index in [0.29, 0.717) is 0 Å². The van der Waals surface area contributed by atoms with Gasteiger partial charge in [-0.15, -0.1) is 0 Å². The maximum atomic E-state index is 7.41. The van der Waals surface area contributed by atoms with Crippen molar-refractivity contribution in [1.29, 1.82) is 0 Å². The second-order valence-electron chi connectivity index (χ2n) is 23.9. The molecule has 0 saturated heterocycles. The van der Waals surface area contributed by atoms with Crippen LogP contribution in [0, 0.1) is 0 Å². The molecular weight excluding hydrogens is 1140 g/mol. The summed E-state index contributed by atoms with van der Waals surface area (Å²) in [5, 5.41) is 0. The van der Waals surface area contributed by atoms with Gasteiger partial charge in [0, 0.05) is 84.1 Å². The molecule has 6 heteroatoms. The molecule has 4 heterocycles. The standard InChI is InChI=1S/C86H58N4OS/c1-7-25-57(26-8-1)59-43-47-65(48-44-59)88(66-49-45-60(46-50-66)58-27-9-2-10-28-58)67-51-77-85-80(53-67)91-79-42-24-21-39-71(79)84(85)72-55-73-81(56-76(72)90(77)74-40-22-19-37-69(74)61-29-11-3-12-30-61)92-82-54-68(87(62-31-13-4-14-32-62)63-33-15-5-16-34-63)52-78-86(82)83(73)70-38-20-23-41-75(70)89(78)64-35-17-6-18-36-64/h1-56,83-84H. The molecule has 2 unspecified atom stereocenters. The Morgan fingerprint density at radius 2 is 0.717 bits per heavy atom. The summed E-state index contributed by atoms with van der Waals surface area (Å²) in [6.45, 7) is 0. The highest BCUT2D eigenvalue weighted by molar-refractivity contribution is 7.99. The van der Waals surface area contributed by atoms with Gasteiger partial charge in [-0.3, -0.25) is 0 Å². The van der Waals surface area contributed by atoms with Crippen molar-refractivity contribution >= 4 is 80.0 Å². The molecule has 2 atom stereocenters. The number of hydrogen-bond acceptors (Lipinski definition) is 6. The molecule has 0 N–H and O–H groups in total. The highest BCUT2D eigenvalue weighted by atomic mass is 32.2. The van der Waals surface area contributed by atoms with Crippen LogP contribution in [0.25, 0.3) is 33.4 Å². The molecule has 18 rings (SSSR count). The largest absolute Gasteiger partial charge is 0.457 e. The minimum atomic E-state index is -0.179. The first-order valence-corrected chi connectivity index (χ1v) is 32.4.